The summed E-state index contributed by atoms with van der Waals surface area (Å²) in [5, 5.41) is 9.01. The monoisotopic (exact) mass is 294 g/mol. The van der Waals surface area contributed by atoms with Crippen molar-refractivity contribution in [1.82, 2.24) is 0 Å². The molecule has 1 N–H and O–H groups in total. The predicted octanol–water partition coefficient (Wildman–Crippen LogP) is 4.22. The predicted molar refractivity (Wildman–Crippen MR) is 79.1 cm³/mol. The molecule has 3 atom stereocenters. The average Bonchev–Trinajstić information content (AvgIpc) is 3.23. The van der Waals surface area contributed by atoms with Crippen molar-refractivity contribution in [3.05, 3.63) is 29.6 Å². The number of aliphatic carboxylic acids is 1. The largest absolute Gasteiger partial charge is 0.493 e. The molecule has 1 aromatic carbocycles. The summed E-state index contributed by atoms with van der Waals surface area (Å²) in [5.41, 5.74) is 0.877. The zero-order valence-electron chi connectivity index (χ0n) is 12.6. The molecule has 1 fully saturated rings. The van der Waals surface area contributed by atoms with Crippen LogP contribution in [0.3, 0.4) is 0 Å². The summed E-state index contributed by atoms with van der Waals surface area (Å²) < 4.78 is 19.3. The van der Waals surface area contributed by atoms with E-state index < -0.39 is 5.97 Å². The van der Waals surface area contributed by atoms with Crippen LogP contribution in [0.4, 0.5) is 4.39 Å². The zero-order valence-corrected chi connectivity index (χ0v) is 12.6. The van der Waals surface area contributed by atoms with Crippen LogP contribution in [0.5, 0.6) is 5.75 Å². The molecule has 116 valence electrons. The van der Waals surface area contributed by atoms with E-state index in [1.807, 2.05) is 6.92 Å². The van der Waals surface area contributed by atoms with Crippen LogP contribution < -0.4 is 4.74 Å². The molecule has 0 aromatic heterocycles. The standard InChI is InChI=1S/C17H23FO3/c1-3-7-21-16-6-5-13(18)10-14(16)11(4-2)8-12-9-15(12)17(19)20/h5-6,10-12,15H,3-4,7-9H2,1-2H3,(H,19,20). The minimum Gasteiger partial charge on any atom is -0.493 e. The zero-order chi connectivity index (χ0) is 15.4. The molecule has 2 rings (SSSR count). The maximum atomic E-state index is 13.6. The number of benzene rings is 1. The van der Waals surface area contributed by atoms with Gasteiger partial charge >= 0.3 is 5.97 Å². The molecule has 1 saturated carbocycles. The molecular formula is C17H23FO3. The molecule has 21 heavy (non-hydrogen) atoms. The molecule has 0 radical (unpaired) electrons. The van der Waals surface area contributed by atoms with Crippen molar-refractivity contribution in [3.8, 4) is 5.75 Å². The summed E-state index contributed by atoms with van der Waals surface area (Å²) in [6, 6.07) is 4.64. The second-order valence-electron chi connectivity index (χ2n) is 5.81. The highest BCUT2D eigenvalue weighted by molar-refractivity contribution is 5.73. The first kappa shape index (κ1) is 15.8. The molecule has 0 heterocycles. The summed E-state index contributed by atoms with van der Waals surface area (Å²) in [6.45, 7) is 4.69. The number of carbonyl (C=O) groups is 1. The minimum absolute atomic E-state index is 0.155. The Balaban J connectivity index is 2.12. The highest BCUT2D eigenvalue weighted by Gasteiger charge is 2.44. The van der Waals surface area contributed by atoms with Crippen molar-refractivity contribution < 1.29 is 19.0 Å². The average molecular weight is 294 g/mol. The van der Waals surface area contributed by atoms with Crippen LogP contribution in [0.1, 0.15) is 51.0 Å². The van der Waals surface area contributed by atoms with Crippen LogP contribution in [0.25, 0.3) is 0 Å². The van der Waals surface area contributed by atoms with Crippen molar-refractivity contribution >= 4 is 5.97 Å². The Hall–Kier alpha value is -1.58. The number of hydrogen-bond acceptors (Lipinski definition) is 2. The number of carboxylic acid groups (broad SMARTS) is 1. The van der Waals surface area contributed by atoms with E-state index in [4.69, 9.17) is 9.84 Å². The van der Waals surface area contributed by atoms with Gasteiger partial charge in [0.25, 0.3) is 0 Å². The summed E-state index contributed by atoms with van der Waals surface area (Å²) >= 11 is 0. The Labute approximate surface area is 125 Å². The van der Waals surface area contributed by atoms with E-state index in [0.717, 1.165) is 37.0 Å². The number of rotatable bonds is 8. The van der Waals surface area contributed by atoms with Crippen molar-refractivity contribution in [2.24, 2.45) is 11.8 Å². The van der Waals surface area contributed by atoms with E-state index >= 15 is 0 Å². The Morgan fingerprint density at radius 3 is 2.81 bits per heavy atom. The fourth-order valence-electron chi connectivity index (χ4n) is 2.87. The molecule has 1 aromatic rings. The van der Waals surface area contributed by atoms with Crippen LogP contribution >= 0.6 is 0 Å². The highest BCUT2D eigenvalue weighted by Crippen LogP contribution is 2.47. The Bertz CT molecular complexity index is 501. The van der Waals surface area contributed by atoms with Gasteiger partial charge in [-0.3, -0.25) is 4.79 Å². The second-order valence-corrected chi connectivity index (χ2v) is 5.81. The maximum absolute atomic E-state index is 13.6. The van der Waals surface area contributed by atoms with Crippen LogP contribution in [0, 0.1) is 17.7 Å². The molecule has 0 bridgehead atoms. The topological polar surface area (TPSA) is 46.5 Å². The van der Waals surface area contributed by atoms with Crippen LogP contribution in [-0.2, 0) is 4.79 Å². The van der Waals surface area contributed by atoms with Gasteiger partial charge in [-0.05, 0) is 55.7 Å². The molecule has 3 nitrogen and oxygen atoms in total. The molecule has 0 amide bonds. The van der Waals surface area contributed by atoms with Crippen LogP contribution in [0.2, 0.25) is 0 Å². The van der Waals surface area contributed by atoms with E-state index in [2.05, 4.69) is 6.92 Å². The fraction of sp³-hybridized carbons (Fsp3) is 0.588. The van der Waals surface area contributed by atoms with E-state index in [1.54, 1.807) is 6.07 Å². The molecule has 0 saturated heterocycles. The summed E-state index contributed by atoms with van der Waals surface area (Å²) in [4.78, 5) is 11.0. The fourth-order valence-corrected chi connectivity index (χ4v) is 2.87. The van der Waals surface area contributed by atoms with Gasteiger partial charge in [-0.25, -0.2) is 4.39 Å². The lowest BCUT2D eigenvalue weighted by molar-refractivity contribution is -0.138. The summed E-state index contributed by atoms with van der Waals surface area (Å²) in [6.07, 6.45) is 3.29. The molecule has 1 aliphatic rings. The van der Waals surface area contributed by atoms with Gasteiger partial charge in [0, 0.05) is 5.56 Å². The van der Waals surface area contributed by atoms with Crippen molar-refractivity contribution in [2.75, 3.05) is 6.61 Å². The maximum Gasteiger partial charge on any atom is 0.306 e. The minimum atomic E-state index is -0.712. The Morgan fingerprint density at radius 1 is 1.48 bits per heavy atom. The molecule has 0 aliphatic heterocycles. The van der Waals surface area contributed by atoms with Gasteiger partial charge in [0.1, 0.15) is 11.6 Å². The molecular weight excluding hydrogens is 271 g/mol. The van der Waals surface area contributed by atoms with Crippen molar-refractivity contribution in [1.29, 1.82) is 0 Å². The molecule has 0 spiro atoms. The van der Waals surface area contributed by atoms with Gasteiger partial charge < -0.3 is 9.84 Å². The third kappa shape index (κ3) is 3.96. The van der Waals surface area contributed by atoms with Crippen molar-refractivity contribution in [3.63, 3.8) is 0 Å². The quantitative estimate of drug-likeness (QED) is 0.781. The van der Waals surface area contributed by atoms with Gasteiger partial charge in [0.15, 0.2) is 0 Å². The SMILES string of the molecule is CCCOc1ccc(F)cc1C(CC)CC1CC1C(=O)O. The van der Waals surface area contributed by atoms with Gasteiger partial charge in [-0.15, -0.1) is 0 Å². The number of hydrogen-bond donors (Lipinski definition) is 1. The number of ether oxygens (including phenoxy) is 1. The molecule has 3 unspecified atom stereocenters. The van der Waals surface area contributed by atoms with Crippen LogP contribution in [-0.4, -0.2) is 17.7 Å². The lowest BCUT2D eigenvalue weighted by Crippen LogP contribution is -2.07. The first-order chi connectivity index (χ1) is 10.1. The molecule has 1 aliphatic carbocycles. The number of halogens is 1. The lowest BCUT2D eigenvalue weighted by atomic mass is 9.90. The Kier molecular flexibility index (Phi) is 5.21. The summed E-state index contributed by atoms with van der Waals surface area (Å²) in [7, 11) is 0. The first-order valence-corrected chi connectivity index (χ1v) is 7.71. The van der Waals surface area contributed by atoms with Gasteiger partial charge in [0.05, 0.1) is 12.5 Å². The normalized spacial score (nSPS) is 21.9. The van der Waals surface area contributed by atoms with Crippen molar-refractivity contribution in [2.45, 2.75) is 45.4 Å². The van der Waals surface area contributed by atoms with Gasteiger partial charge in [-0.2, -0.15) is 0 Å². The van der Waals surface area contributed by atoms with Gasteiger partial charge in [0.2, 0.25) is 0 Å². The lowest BCUT2D eigenvalue weighted by Gasteiger charge is -2.19. The first-order valence-electron chi connectivity index (χ1n) is 7.71. The second kappa shape index (κ2) is 6.92. The van der Waals surface area contributed by atoms with E-state index in [1.165, 1.54) is 12.1 Å². The van der Waals surface area contributed by atoms with E-state index in [0.29, 0.717) is 6.61 Å². The third-order valence-corrected chi connectivity index (χ3v) is 4.19. The number of carboxylic acids is 1. The summed E-state index contributed by atoms with van der Waals surface area (Å²) in [5.74, 6) is -0.0867. The van der Waals surface area contributed by atoms with E-state index in [9.17, 15) is 9.18 Å². The van der Waals surface area contributed by atoms with Crippen LogP contribution in [0.15, 0.2) is 18.2 Å². The van der Waals surface area contributed by atoms with E-state index in [-0.39, 0.29) is 23.6 Å². The smallest absolute Gasteiger partial charge is 0.306 e. The third-order valence-electron chi connectivity index (χ3n) is 4.19. The molecule has 4 heteroatoms. The highest BCUT2D eigenvalue weighted by atomic mass is 19.1. The van der Waals surface area contributed by atoms with Gasteiger partial charge in [-0.1, -0.05) is 13.8 Å². The Morgan fingerprint density at radius 2 is 2.24 bits per heavy atom.